The molecule has 0 aliphatic heterocycles. The Morgan fingerprint density at radius 2 is 2.23 bits per heavy atom. The number of rotatable bonds is 4. The van der Waals surface area contributed by atoms with E-state index >= 15 is 0 Å². The summed E-state index contributed by atoms with van der Waals surface area (Å²) in [6.45, 7) is 9.78. The van der Waals surface area contributed by atoms with Gasteiger partial charge in [-0.25, -0.2) is 4.98 Å². The van der Waals surface area contributed by atoms with E-state index in [0.29, 0.717) is 6.61 Å². The van der Waals surface area contributed by atoms with E-state index in [2.05, 4.69) is 22.7 Å². The fourth-order valence-electron chi connectivity index (χ4n) is 1.22. The third kappa shape index (κ3) is 2.84. The van der Waals surface area contributed by atoms with Gasteiger partial charge in [-0.2, -0.15) is 0 Å². The summed E-state index contributed by atoms with van der Waals surface area (Å²) in [5, 5.41) is 0. The molecule has 0 amide bonds. The lowest BCUT2D eigenvalue weighted by Gasteiger charge is -2.03. The van der Waals surface area contributed by atoms with Crippen molar-refractivity contribution in [1.82, 2.24) is 9.55 Å². The van der Waals surface area contributed by atoms with E-state index < -0.39 is 0 Å². The minimum absolute atomic E-state index is 0.270. The van der Waals surface area contributed by atoms with Gasteiger partial charge in [0.25, 0.3) is 0 Å². The Bertz CT molecular complexity index is 266. The van der Waals surface area contributed by atoms with Gasteiger partial charge in [0.05, 0.1) is 18.4 Å². The van der Waals surface area contributed by atoms with Crippen LogP contribution in [0.4, 0.5) is 0 Å². The molecule has 0 N–H and O–H groups in total. The van der Waals surface area contributed by atoms with Gasteiger partial charge in [0.1, 0.15) is 5.82 Å². The first kappa shape index (κ1) is 10.3. The number of aromatic nitrogens is 2. The molecule has 0 radical (unpaired) electrons. The Balaban J connectivity index is 2.57. The molecule has 0 fully saturated rings. The molecule has 0 aliphatic rings. The van der Waals surface area contributed by atoms with Crippen LogP contribution >= 0.6 is 0 Å². The van der Waals surface area contributed by atoms with Crippen molar-refractivity contribution in [3.63, 3.8) is 0 Å². The van der Waals surface area contributed by atoms with Crippen molar-refractivity contribution in [2.75, 3.05) is 0 Å². The monoisotopic (exact) mass is 182 g/mol. The summed E-state index contributed by atoms with van der Waals surface area (Å²) in [4.78, 5) is 4.39. The van der Waals surface area contributed by atoms with Crippen LogP contribution < -0.4 is 0 Å². The zero-order valence-corrected chi connectivity index (χ0v) is 8.87. The summed E-state index contributed by atoms with van der Waals surface area (Å²) in [5.41, 5.74) is 1.02. The second kappa shape index (κ2) is 4.42. The van der Waals surface area contributed by atoms with Crippen LogP contribution in [0.25, 0.3) is 0 Å². The van der Waals surface area contributed by atoms with Gasteiger partial charge in [-0.15, -0.1) is 0 Å². The van der Waals surface area contributed by atoms with E-state index in [4.69, 9.17) is 4.74 Å². The van der Waals surface area contributed by atoms with E-state index in [1.165, 1.54) is 0 Å². The van der Waals surface area contributed by atoms with E-state index in [-0.39, 0.29) is 6.10 Å². The second-order valence-corrected chi connectivity index (χ2v) is 3.43. The summed E-state index contributed by atoms with van der Waals surface area (Å²) >= 11 is 0. The molecule has 74 valence electrons. The first-order chi connectivity index (χ1) is 6.13. The summed E-state index contributed by atoms with van der Waals surface area (Å²) in [6, 6.07) is 0. The van der Waals surface area contributed by atoms with Crippen molar-refractivity contribution in [3.8, 4) is 0 Å². The van der Waals surface area contributed by atoms with Gasteiger partial charge >= 0.3 is 0 Å². The number of nitrogens with zero attached hydrogens (tertiary/aromatic N) is 2. The van der Waals surface area contributed by atoms with Gasteiger partial charge < -0.3 is 9.30 Å². The number of imidazole rings is 1. The standard InChI is InChI=1S/C10H18N2O/c1-5-12-6-10(11-9(12)4)7-13-8(2)3/h6,8H,5,7H2,1-4H3. The maximum absolute atomic E-state index is 5.46. The Morgan fingerprint density at radius 1 is 1.54 bits per heavy atom. The first-order valence-electron chi connectivity index (χ1n) is 4.77. The third-order valence-corrected chi connectivity index (χ3v) is 1.93. The molecule has 3 heteroatoms. The normalized spacial score (nSPS) is 11.2. The lowest BCUT2D eigenvalue weighted by Crippen LogP contribution is -2.02. The second-order valence-electron chi connectivity index (χ2n) is 3.43. The molecule has 3 nitrogen and oxygen atoms in total. The third-order valence-electron chi connectivity index (χ3n) is 1.93. The van der Waals surface area contributed by atoms with Crippen molar-refractivity contribution >= 4 is 0 Å². The van der Waals surface area contributed by atoms with Gasteiger partial charge in [0.15, 0.2) is 0 Å². The SMILES string of the molecule is CCn1cc(COC(C)C)nc1C. The van der Waals surface area contributed by atoms with Gasteiger partial charge in [-0.3, -0.25) is 0 Å². The van der Waals surface area contributed by atoms with Gasteiger partial charge in [-0.05, 0) is 27.7 Å². The smallest absolute Gasteiger partial charge is 0.105 e. The number of ether oxygens (including phenoxy) is 1. The highest BCUT2D eigenvalue weighted by Gasteiger charge is 2.03. The molecule has 0 saturated heterocycles. The Labute approximate surface area is 79.7 Å². The summed E-state index contributed by atoms with van der Waals surface area (Å²) in [5.74, 6) is 1.06. The van der Waals surface area contributed by atoms with Crippen molar-refractivity contribution < 1.29 is 4.74 Å². The van der Waals surface area contributed by atoms with Crippen LogP contribution in [0.2, 0.25) is 0 Å². The summed E-state index contributed by atoms with van der Waals surface area (Å²) < 4.78 is 7.59. The zero-order valence-electron chi connectivity index (χ0n) is 8.87. The fraction of sp³-hybridized carbons (Fsp3) is 0.700. The Kier molecular flexibility index (Phi) is 3.48. The minimum atomic E-state index is 0.270. The minimum Gasteiger partial charge on any atom is -0.372 e. The Hall–Kier alpha value is -0.830. The van der Waals surface area contributed by atoms with E-state index in [1.54, 1.807) is 0 Å². The van der Waals surface area contributed by atoms with E-state index in [9.17, 15) is 0 Å². The molecule has 0 unspecified atom stereocenters. The molecule has 1 rings (SSSR count). The lowest BCUT2D eigenvalue weighted by molar-refractivity contribution is 0.0637. The maximum atomic E-state index is 5.46. The van der Waals surface area contributed by atoms with Crippen LogP contribution in [0.15, 0.2) is 6.20 Å². The largest absolute Gasteiger partial charge is 0.372 e. The van der Waals surface area contributed by atoms with Crippen LogP contribution in [-0.4, -0.2) is 15.7 Å². The van der Waals surface area contributed by atoms with E-state index in [0.717, 1.165) is 18.1 Å². The van der Waals surface area contributed by atoms with Crippen LogP contribution in [0.5, 0.6) is 0 Å². The van der Waals surface area contributed by atoms with Crippen LogP contribution in [0.3, 0.4) is 0 Å². The predicted molar refractivity (Wildman–Crippen MR) is 52.6 cm³/mol. The molecule has 0 saturated carbocycles. The maximum Gasteiger partial charge on any atom is 0.105 e. The molecule has 0 atom stereocenters. The van der Waals surface area contributed by atoms with Gasteiger partial charge in [0.2, 0.25) is 0 Å². The molecule has 1 aromatic heterocycles. The summed E-state index contributed by atoms with van der Waals surface area (Å²) in [6.07, 6.45) is 2.32. The van der Waals surface area contributed by atoms with Gasteiger partial charge in [0, 0.05) is 12.7 Å². The average molecular weight is 182 g/mol. The number of hydrogen-bond donors (Lipinski definition) is 0. The van der Waals surface area contributed by atoms with Crippen molar-refractivity contribution in [2.24, 2.45) is 0 Å². The van der Waals surface area contributed by atoms with E-state index in [1.807, 2.05) is 20.8 Å². The molecule has 13 heavy (non-hydrogen) atoms. The zero-order chi connectivity index (χ0) is 9.84. The molecule has 0 aromatic carbocycles. The van der Waals surface area contributed by atoms with Crippen LogP contribution in [0, 0.1) is 6.92 Å². The van der Waals surface area contributed by atoms with Crippen molar-refractivity contribution in [2.45, 2.75) is 47.0 Å². The molecule has 1 heterocycles. The quantitative estimate of drug-likeness (QED) is 0.713. The molecule has 0 spiro atoms. The summed E-state index contributed by atoms with van der Waals surface area (Å²) in [7, 11) is 0. The first-order valence-corrected chi connectivity index (χ1v) is 4.77. The van der Waals surface area contributed by atoms with Crippen LogP contribution in [-0.2, 0) is 17.9 Å². The highest BCUT2D eigenvalue weighted by molar-refractivity contribution is 5.01. The van der Waals surface area contributed by atoms with Crippen molar-refractivity contribution in [3.05, 3.63) is 17.7 Å². The molecular weight excluding hydrogens is 164 g/mol. The fourth-order valence-corrected chi connectivity index (χ4v) is 1.22. The highest BCUT2D eigenvalue weighted by atomic mass is 16.5. The highest BCUT2D eigenvalue weighted by Crippen LogP contribution is 2.04. The molecule has 0 aliphatic carbocycles. The lowest BCUT2D eigenvalue weighted by atomic mass is 10.4. The Morgan fingerprint density at radius 3 is 2.69 bits per heavy atom. The molecular formula is C10H18N2O. The predicted octanol–water partition coefficient (Wildman–Crippen LogP) is 2.14. The molecule has 0 bridgehead atoms. The topological polar surface area (TPSA) is 27.1 Å². The number of aryl methyl sites for hydroxylation is 2. The van der Waals surface area contributed by atoms with Crippen LogP contribution in [0.1, 0.15) is 32.3 Å². The van der Waals surface area contributed by atoms with Crippen molar-refractivity contribution in [1.29, 1.82) is 0 Å². The number of hydrogen-bond acceptors (Lipinski definition) is 2. The van der Waals surface area contributed by atoms with Gasteiger partial charge in [-0.1, -0.05) is 0 Å². The average Bonchev–Trinajstić information content (AvgIpc) is 2.43. The molecule has 1 aromatic rings.